The molecule has 0 saturated carbocycles. The molecular weight excluding hydrogens is 335 g/mol. The molecule has 0 radical (unpaired) electrons. The van der Waals surface area contributed by atoms with Crippen LogP contribution in [0.1, 0.15) is 35.3 Å². The zero-order chi connectivity index (χ0) is 18.5. The topological polar surface area (TPSA) is 59.6 Å². The van der Waals surface area contributed by atoms with E-state index in [1.807, 2.05) is 19.9 Å². The molecule has 6 heteroatoms. The number of carbonyl (C=O) groups is 1. The van der Waals surface area contributed by atoms with Crippen LogP contribution in [-0.4, -0.2) is 25.7 Å². The highest BCUT2D eigenvalue weighted by molar-refractivity contribution is 6.04. The summed E-state index contributed by atoms with van der Waals surface area (Å²) in [5, 5.41) is 5.87. The van der Waals surface area contributed by atoms with Gasteiger partial charge in [0.1, 0.15) is 5.82 Å². The first kappa shape index (κ1) is 18.2. The molecule has 0 aliphatic carbocycles. The first-order valence-electron chi connectivity index (χ1n) is 8.86. The summed E-state index contributed by atoms with van der Waals surface area (Å²) in [6, 6.07) is 8.41. The quantitative estimate of drug-likeness (QED) is 0.829. The van der Waals surface area contributed by atoms with E-state index in [-0.39, 0.29) is 17.4 Å². The molecule has 0 atom stereocenters. The number of carbonyl (C=O) groups excluding carboxylic acids is 1. The predicted octanol–water partition coefficient (Wildman–Crippen LogP) is 3.52. The van der Waals surface area contributed by atoms with Crippen LogP contribution in [0.2, 0.25) is 0 Å². The lowest BCUT2D eigenvalue weighted by atomic mass is 9.99. The Kier molecular flexibility index (Phi) is 5.73. The fourth-order valence-corrected chi connectivity index (χ4v) is 3.02. The molecule has 0 saturated heterocycles. The van der Waals surface area contributed by atoms with E-state index >= 15 is 0 Å². The SMILES string of the molecule is CCOc1ccc(C(=O)Nc2ccc3c(c2F)CCNC3)cc1OCC. The van der Waals surface area contributed by atoms with Gasteiger partial charge in [0.2, 0.25) is 0 Å². The summed E-state index contributed by atoms with van der Waals surface area (Å²) in [5.41, 5.74) is 2.19. The average Bonchev–Trinajstić information content (AvgIpc) is 2.66. The molecule has 1 amide bonds. The van der Waals surface area contributed by atoms with Crippen LogP contribution in [0.4, 0.5) is 10.1 Å². The number of hydrogen-bond donors (Lipinski definition) is 2. The third-order valence-electron chi connectivity index (χ3n) is 4.26. The van der Waals surface area contributed by atoms with Crippen molar-refractivity contribution >= 4 is 11.6 Å². The molecule has 138 valence electrons. The van der Waals surface area contributed by atoms with Crippen LogP contribution in [0.5, 0.6) is 11.5 Å². The summed E-state index contributed by atoms with van der Waals surface area (Å²) in [6.07, 6.45) is 0.614. The fraction of sp³-hybridized carbons (Fsp3) is 0.350. The van der Waals surface area contributed by atoms with Crippen LogP contribution in [-0.2, 0) is 13.0 Å². The number of benzene rings is 2. The molecule has 0 fully saturated rings. The number of ether oxygens (including phenoxy) is 2. The van der Waals surface area contributed by atoms with Gasteiger partial charge in [-0.25, -0.2) is 4.39 Å². The van der Waals surface area contributed by atoms with Crippen LogP contribution in [0.3, 0.4) is 0 Å². The number of rotatable bonds is 6. The molecule has 5 nitrogen and oxygen atoms in total. The number of hydrogen-bond acceptors (Lipinski definition) is 4. The molecule has 2 aromatic rings. The van der Waals surface area contributed by atoms with Crippen molar-refractivity contribution < 1.29 is 18.7 Å². The Morgan fingerprint density at radius 1 is 1.15 bits per heavy atom. The Balaban J connectivity index is 1.83. The van der Waals surface area contributed by atoms with Crippen molar-refractivity contribution in [2.45, 2.75) is 26.8 Å². The van der Waals surface area contributed by atoms with Gasteiger partial charge in [-0.1, -0.05) is 6.07 Å². The van der Waals surface area contributed by atoms with E-state index < -0.39 is 0 Å². The van der Waals surface area contributed by atoms with Gasteiger partial charge in [0, 0.05) is 12.1 Å². The normalized spacial score (nSPS) is 13.0. The maximum Gasteiger partial charge on any atom is 0.255 e. The summed E-state index contributed by atoms with van der Waals surface area (Å²) in [4.78, 5) is 12.6. The molecule has 1 aliphatic heterocycles. The monoisotopic (exact) mass is 358 g/mol. The summed E-state index contributed by atoms with van der Waals surface area (Å²) in [7, 11) is 0. The van der Waals surface area contributed by atoms with Crippen molar-refractivity contribution in [3.63, 3.8) is 0 Å². The lowest BCUT2D eigenvalue weighted by Crippen LogP contribution is -2.25. The highest BCUT2D eigenvalue weighted by atomic mass is 19.1. The number of fused-ring (bicyclic) bond motifs is 1. The standard InChI is InChI=1S/C20H23FN2O3/c1-3-25-17-8-6-13(11-18(17)26-4-2)20(24)23-16-7-5-14-12-22-10-9-15(14)19(16)21/h5-8,11,22H,3-4,9-10,12H2,1-2H3,(H,23,24). The minimum absolute atomic E-state index is 0.197. The lowest BCUT2D eigenvalue weighted by molar-refractivity contribution is 0.102. The van der Waals surface area contributed by atoms with Gasteiger partial charge in [-0.05, 0) is 62.2 Å². The Hall–Kier alpha value is -2.60. The molecule has 0 spiro atoms. The largest absolute Gasteiger partial charge is 0.490 e. The molecule has 0 unspecified atom stereocenters. The minimum atomic E-state index is -0.387. The third-order valence-corrected chi connectivity index (χ3v) is 4.26. The molecular formula is C20H23FN2O3. The minimum Gasteiger partial charge on any atom is -0.490 e. The van der Waals surface area contributed by atoms with E-state index in [9.17, 15) is 9.18 Å². The number of amides is 1. The highest BCUT2D eigenvalue weighted by Crippen LogP contribution is 2.30. The number of nitrogens with one attached hydrogen (secondary N) is 2. The first-order valence-corrected chi connectivity index (χ1v) is 8.86. The van der Waals surface area contributed by atoms with Crippen LogP contribution in [0, 0.1) is 5.82 Å². The highest BCUT2D eigenvalue weighted by Gasteiger charge is 2.18. The van der Waals surface area contributed by atoms with E-state index in [1.165, 1.54) is 0 Å². The van der Waals surface area contributed by atoms with Crippen molar-refractivity contribution in [3.05, 3.63) is 52.8 Å². The van der Waals surface area contributed by atoms with Gasteiger partial charge < -0.3 is 20.1 Å². The van der Waals surface area contributed by atoms with E-state index in [0.29, 0.717) is 48.8 Å². The van der Waals surface area contributed by atoms with Gasteiger partial charge in [-0.2, -0.15) is 0 Å². The summed E-state index contributed by atoms with van der Waals surface area (Å²) < 4.78 is 25.8. The maximum atomic E-state index is 14.7. The van der Waals surface area contributed by atoms with E-state index in [4.69, 9.17) is 9.47 Å². The lowest BCUT2D eigenvalue weighted by Gasteiger charge is -2.19. The van der Waals surface area contributed by atoms with Crippen LogP contribution >= 0.6 is 0 Å². The predicted molar refractivity (Wildman–Crippen MR) is 98.5 cm³/mol. The summed E-state index contributed by atoms with van der Waals surface area (Å²) in [5.74, 6) is 0.340. The Labute approximate surface area is 152 Å². The molecule has 1 aliphatic rings. The zero-order valence-electron chi connectivity index (χ0n) is 15.0. The summed E-state index contributed by atoms with van der Waals surface area (Å²) >= 11 is 0. The molecule has 3 rings (SSSR count). The van der Waals surface area contributed by atoms with Crippen molar-refractivity contribution in [1.29, 1.82) is 0 Å². The second kappa shape index (κ2) is 8.19. The van der Waals surface area contributed by atoms with Gasteiger partial charge in [-0.15, -0.1) is 0 Å². The van der Waals surface area contributed by atoms with E-state index in [0.717, 1.165) is 12.1 Å². The van der Waals surface area contributed by atoms with Crippen molar-refractivity contribution in [3.8, 4) is 11.5 Å². The van der Waals surface area contributed by atoms with Gasteiger partial charge in [0.05, 0.1) is 18.9 Å². The number of halogens is 1. The second-order valence-electron chi connectivity index (χ2n) is 5.97. The molecule has 1 heterocycles. The smallest absolute Gasteiger partial charge is 0.255 e. The van der Waals surface area contributed by atoms with E-state index in [1.54, 1.807) is 24.3 Å². The van der Waals surface area contributed by atoms with Crippen LogP contribution in [0.15, 0.2) is 30.3 Å². The second-order valence-corrected chi connectivity index (χ2v) is 5.97. The summed E-state index contributed by atoms with van der Waals surface area (Å²) in [6.45, 7) is 6.08. The number of anilines is 1. The third kappa shape index (κ3) is 3.80. The Bertz CT molecular complexity index is 808. The van der Waals surface area contributed by atoms with Gasteiger partial charge >= 0.3 is 0 Å². The van der Waals surface area contributed by atoms with Gasteiger partial charge in [0.15, 0.2) is 11.5 Å². The molecule has 0 aromatic heterocycles. The van der Waals surface area contributed by atoms with Gasteiger partial charge in [-0.3, -0.25) is 4.79 Å². The zero-order valence-corrected chi connectivity index (χ0v) is 15.0. The maximum absolute atomic E-state index is 14.7. The average molecular weight is 358 g/mol. The molecule has 2 N–H and O–H groups in total. The Morgan fingerprint density at radius 3 is 2.69 bits per heavy atom. The molecule has 26 heavy (non-hydrogen) atoms. The molecule has 2 aromatic carbocycles. The van der Waals surface area contributed by atoms with Crippen molar-refractivity contribution in [2.24, 2.45) is 0 Å². The first-order chi connectivity index (χ1) is 12.6. The van der Waals surface area contributed by atoms with Crippen LogP contribution in [0.25, 0.3) is 0 Å². The van der Waals surface area contributed by atoms with Crippen LogP contribution < -0.4 is 20.1 Å². The van der Waals surface area contributed by atoms with Gasteiger partial charge in [0.25, 0.3) is 5.91 Å². The Morgan fingerprint density at radius 2 is 1.92 bits per heavy atom. The van der Waals surface area contributed by atoms with Crippen molar-refractivity contribution in [1.82, 2.24) is 5.32 Å². The fourth-order valence-electron chi connectivity index (χ4n) is 3.02. The van der Waals surface area contributed by atoms with Crippen molar-refractivity contribution in [2.75, 3.05) is 25.1 Å². The molecule has 0 bridgehead atoms. The van der Waals surface area contributed by atoms with E-state index in [2.05, 4.69) is 10.6 Å².